The molecule has 2 aromatic rings. The summed E-state index contributed by atoms with van der Waals surface area (Å²) in [5, 5.41) is 11.5. The summed E-state index contributed by atoms with van der Waals surface area (Å²) in [6.45, 7) is 1.93. The van der Waals surface area contributed by atoms with Crippen LogP contribution in [-0.2, 0) is 21.1 Å². The van der Waals surface area contributed by atoms with Gasteiger partial charge in [-0.05, 0) is 30.7 Å². The standard InChI is InChI=1S/C13H12N2O.ClH.Pt/c1-10-5-6-13(16)12(8-10)15-9-11-4-2-3-7-14-11;;/h2-9,16H,1H3;1H;/q;;+2/p-2. The Morgan fingerprint density at radius 2 is 2.00 bits per heavy atom. The van der Waals surface area contributed by atoms with Crippen molar-refractivity contribution in [3.63, 3.8) is 0 Å². The predicted molar refractivity (Wildman–Crippen MR) is 62.1 cm³/mol. The van der Waals surface area contributed by atoms with Crippen LogP contribution in [0.2, 0.25) is 0 Å². The normalized spacial score (nSPS) is 9.61. The monoisotopic (exact) mass is 441 g/mol. The zero-order chi connectivity index (χ0) is 11.4. The summed E-state index contributed by atoms with van der Waals surface area (Å²) in [5.74, 6) is -0.0715. The molecule has 0 amide bonds. The number of hydrogen-bond acceptors (Lipinski definition) is 3. The quantitative estimate of drug-likeness (QED) is 0.574. The van der Waals surface area contributed by atoms with E-state index in [1.54, 1.807) is 24.5 Å². The molecular formula is C13H11ClN2OPt. The van der Waals surface area contributed by atoms with Gasteiger partial charge < -0.3 is 17.5 Å². The number of aliphatic imine (C=N–C) groups is 1. The number of aryl methyl sites for hydroxylation is 1. The summed E-state index contributed by atoms with van der Waals surface area (Å²) < 4.78 is 0. The van der Waals surface area contributed by atoms with Crippen LogP contribution in [-0.4, -0.2) is 11.2 Å². The molecular weight excluding hydrogens is 431 g/mol. The largest absolute Gasteiger partial charge is 2.00 e. The van der Waals surface area contributed by atoms with Crippen molar-refractivity contribution in [2.75, 3.05) is 0 Å². The first-order chi connectivity index (χ1) is 7.75. The molecule has 0 aliphatic rings. The van der Waals surface area contributed by atoms with E-state index in [0.717, 1.165) is 11.3 Å². The molecule has 0 saturated heterocycles. The van der Waals surface area contributed by atoms with E-state index in [1.807, 2.05) is 25.1 Å². The van der Waals surface area contributed by atoms with E-state index in [0.29, 0.717) is 5.69 Å². The van der Waals surface area contributed by atoms with E-state index >= 15 is 0 Å². The summed E-state index contributed by atoms with van der Waals surface area (Å²) in [7, 11) is 0. The molecule has 18 heavy (non-hydrogen) atoms. The third-order valence-electron chi connectivity index (χ3n) is 2.14. The fourth-order valence-electron chi connectivity index (χ4n) is 1.32. The maximum atomic E-state index is 11.5. The Bertz CT molecular complexity index is 518. The molecule has 1 aromatic carbocycles. The first-order valence-corrected chi connectivity index (χ1v) is 4.98. The smallest absolute Gasteiger partial charge is 1.00 e. The van der Waals surface area contributed by atoms with Gasteiger partial charge in [0.25, 0.3) is 0 Å². The second-order valence-corrected chi connectivity index (χ2v) is 3.48. The molecule has 0 saturated carbocycles. The fraction of sp³-hybridized carbons (Fsp3) is 0.0769. The van der Waals surface area contributed by atoms with Gasteiger partial charge in [-0.2, -0.15) is 0 Å². The molecule has 1 aromatic heterocycles. The van der Waals surface area contributed by atoms with Gasteiger partial charge in [0, 0.05) is 6.20 Å². The summed E-state index contributed by atoms with van der Waals surface area (Å²) in [4.78, 5) is 8.23. The van der Waals surface area contributed by atoms with Gasteiger partial charge in [0.05, 0.1) is 17.6 Å². The predicted octanol–water partition coefficient (Wildman–Crippen LogP) is -0.784. The zero-order valence-corrected chi connectivity index (χ0v) is 12.6. The number of pyridine rings is 1. The van der Waals surface area contributed by atoms with Gasteiger partial charge in [-0.3, -0.25) is 9.98 Å². The van der Waals surface area contributed by atoms with Crippen LogP contribution in [0.25, 0.3) is 0 Å². The Morgan fingerprint density at radius 3 is 2.67 bits per heavy atom. The van der Waals surface area contributed by atoms with Crippen molar-refractivity contribution in [3.8, 4) is 5.75 Å². The Kier molecular flexibility index (Phi) is 7.49. The summed E-state index contributed by atoms with van der Waals surface area (Å²) in [6, 6.07) is 10.6. The maximum Gasteiger partial charge on any atom is 2.00 e. The van der Waals surface area contributed by atoms with Crippen LogP contribution in [0.1, 0.15) is 11.3 Å². The molecule has 5 heteroatoms. The van der Waals surface area contributed by atoms with Crippen molar-refractivity contribution < 1.29 is 38.6 Å². The van der Waals surface area contributed by atoms with Crippen LogP contribution in [0.3, 0.4) is 0 Å². The third kappa shape index (κ3) is 4.59. The minimum atomic E-state index is -0.0715. The van der Waals surface area contributed by atoms with Crippen molar-refractivity contribution in [2.45, 2.75) is 6.92 Å². The van der Waals surface area contributed by atoms with Crippen molar-refractivity contribution in [2.24, 2.45) is 4.99 Å². The first kappa shape index (κ1) is 16.8. The fourth-order valence-corrected chi connectivity index (χ4v) is 1.32. The molecule has 96 valence electrons. The van der Waals surface area contributed by atoms with E-state index in [4.69, 9.17) is 0 Å². The Morgan fingerprint density at radius 1 is 1.22 bits per heavy atom. The third-order valence-corrected chi connectivity index (χ3v) is 2.14. The molecule has 1 heterocycles. The van der Waals surface area contributed by atoms with Crippen molar-refractivity contribution in [3.05, 3.63) is 53.9 Å². The molecule has 0 atom stereocenters. The minimum absolute atomic E-state index is 0. The van der Waals surface area contributed by atoms with Crippen molar-refractivity contribution >= 4 is 11.9 Å². The van der Waals surface area contributed by atoms with Gasteiger partial charge in [-0.15, -0.1) is 0 Å². The zero-order valence-electron chi connectivity index (χ0n) is 9.62. The summed E-state index contributed by atoms with van der Waals surface area (Å²) in [6.07, 6.45) is 3.28. The molecule has 0 radical (unpaired) electrons. The van der Waals surface area contributed by atoms with Crippen LogP contribution in [0, 0.1) is 6.92 Å². The average molecular weight is 442 g/mol. The Hall–Kier alpha value is -1.18. The van der Waals surface area contributed by atoms with Crippen LogP contribution < -0.4 is 17.5 Å². The molecule has 0 aliphatic heterocycles. The molecule has 0 spiro atoms. The molecule has 0 unspecified atom stereocenters. The second-order valence-electron chi connectivity index (χ2n) is 3.48. The molecule has 0 bridgehead atoms. The maximum absolute atomic E-state index is 11.5. The number of halogens is 1. The van der Waals surface area contributed by atoms with E-state index < -0.39 is 0 Å². The molecule has 0 N–H and O–H groups in total. The van der Waals surface area contributed by atoms with Crippen LogP contribution in [0.4, 0.5) is 5.69 Å². The first-order valence-electron chi connectivity index (χ1n) is 4.98. The molecule has 0 aliphatic carbocycles. The topological polar surface area (TPSA) is 48.3 Å². The van der Waals surface area contributed by atoms with Gasteiger partial charge in [0.1, 0.15) is 0 Å². The molecule has 0 fully saturated rings. The van der Waals surface area contributed by atoms with E-state index in [9.17, 15) is 5.11 Å². The van der Waals surface area contributed by atoms with E-state index in [2.05, 4.69) is 9.98 Å². The van der Waals surface area contributed by atoms with Gasteiger partial charge >= 0.3 is 21.1 Å². The van der Waals surface area contributed by atoms with Gasteiger partial charge in [-0.25, -0.2) is 0 Å². The number of rotatable bonds is 2. The second kappa shape index (κ2) is 8.01. The van der Waals surface area contributed by atoms with E-state index in [1.165, 1.54) is 6.07 Å². The van der Waals surface area contributed by atoms with Crippen LogP contribution in [0.5, 0.6) is 5.75 Å². The van der Waals surface area contributed by atoms with Crippen molar-refractivity contribution in [1.29, 1.82) is 0 Å². The van der Waals surface area contributed by atoms with Gasteiger partial charge in [0.15, 0.2) is 0 Å². The van der Waals surface area contributed by atoms with Gasteiger partial charge in [-0.1, -0.05) is 23.9 Å². The Labute approximate surface area is 127 Å². The molecule has 3 nitrogen and oxygen atoms in total. The van der Waals surface area contributed by atoms with E-state index in [-0.39, 0.29) is 39.2 Å². The average Bonchev–Trinajstić information content (AvgIpc) is 2.32. The Balaban J connectivity index is 0.00000144. The summed E-state index contributed by atoms with van der Waals surface area (Å²) in [5.41, 5.74) is 2.21. The van der Waals surface area contributed by atoms with Gasteiger partial charge in [0.2, 0.25) is 0 Å². The number of aromatic nitrogens is 1. The number of hydrogen-bond donors (Lipinski definition) is 0. The minimum Gasteiger partial charge on any atom is -1.00 e. The van der Waals surface area contributed by atoms with Crippen molar-refractivity contribution in [1.82, 2.24) is 4.98 Å². The number of benzene rings is 1. The summed E-state index contributed by atoms with van der Waals surface area (Å²) >= 11 is 0. The number of nitrogens with zero attached hydrogens (tertiary/aromatic N) is 2. The van der Waals surface area contributed by atoms with Crippen LogP contribution >= 0.6 is 0 Å². The van der Waals surface area contributed by atoms with Crippen LogP contribution in [0.15, 0.2) is 47.6 Å². The SMILES string of the molecule is Cc1ccc([O-])c(N=Cc2ccccn2)c1.[Cl-].[Pt+2]. The molecule has 2 rings (SSSR count).